The Labute approximate surface area is 121 Å². The number of hydrogen-bond donors (Lipinski definition) is 1. The van der Waals surface area contributed by atoms with Gasteiger partial charge in [0.2, 0.25) is 0 Å². The minimum atomic E-state index is 0.287. The van der Waals surface area contributed by atoms with Crippen LogP contribution in [0.2, 0.25) is 0 Å². The Bertz CT molecular complexity index is 478. The summed E-state index contributed by atoms with van der Waals surface area (Å²) < 4.78 is 6.35. The molecule has 1 aliphatic heterocycles. The Balaban J connectivity index is 1.23. The van der Waals surface area contributed by atoms with Gasteiger partial charge in [-0.3, -0.25) is 0 Å². The normalized spacial score (nSPS) is 30.4. The van der Waals surface area contributed by atoms with Crippen molar-refractivity contribution in [1.82, 2.24) is 5.32 Å². The van der Waals surface area contributed by atoms with Gasteiger partial charge in [0.15, 0.2) is 0 Å². The molecule has 1 heterocycles. The van der Waals surface area contributed by atoms with Gasteiger partial charge in [0.25, 0.3) is 0 Å². The van der Waals surface area contributed by atoms with Crippen molar-refractivity contribution in [3.05, 3.63) is 35.4 Å². The van der Waals surface area contributed by atoms with Gasteiger partial charge in [0.1, 0.15) is 0 Å². The van der Waals surface area contributed by atoms with Gasteiger partial charge in [-0.15, -0.1) is 0 Å². The third-order valence-electron chi connectivity index (χ3n) is 5.58. The van der Waals surface area contributed by atoms with Crippen LogP contribution < -0.4 is 5.32 Å². The predicted molar refractivity (Wildman–Crippen MR) is 81.1 cm³/mol. The van der Waals surface area contributed by atoms with Crippen LogP contribution in [0, 0.1) is 0 Å². The second kappa shape index (κ2) is 5.16. The van der Waals surface area contributed by atoms with Crippen LogP contribution in [0.5, 0.6) is 0 Å². The zero-order valence-electron chi connectivity index (χ0n) is 12.2. The molecule has 1 saturated heterocycles. The molecule has 1 aromatic carbocycles. The first-order valence-corrected chi connectivity index (χ1v) is 8.31. The molecule has 20 heavy (non-hydrogen) atoms. The molecule has 108 valence electrons. The number of fused-ring (bicyclic) bond motifs is 1. The molecule has 0 radical (unpaired) electrons. The van der Waals surface area contributed by atoms with Crippen LogP contribution in [-0.2, 0) is 11.2 Å². The fourth-order valence-corrected chi connectivity index (χ4v) is 4.39. The minimum absolute atomic E-state index is 0.287. The smallest absolute Gasteiger partial charge is 0.0708 e. The number of nitrogens with one attached hydrogen (secondary N) is 1. The SMILES string of the molecule is c1ccc2c(c1)CC2CNCC1CCC2(CCCC2)O1. The van der Waals surface area contributed by atoms with Crippen LogP contribution in [0.3, 0.4) is 0 Å². The molecule has 2 heteroatoms. The summed E-state index contributed by atoms with van der Waals surface area (Å²) >= 11 is 0. The van der Waals surface area contributed by atoms with Crippen molar-refractivity contribution < 1.29 is 4.74 Å². The second-order valence-corrected chi connectivity index (χ2v) is 6.93. The predicted octanol–water partition coefficient (Wildman–Crippen LogP) is 3.41. The molecule has 2 atom stereocenters. The molecule has 3 aliphatic rings. The van der Waals surface area contributed by atoms with Crippen LogP contribution in [0.25, 0.3) is 0 Å². The Morgan fingerprint density at radius 2 is 1.95 bits per heavy atom. The van der Waals surface area contributed by atoms with E-state index in [0.29, 0.717) is 6.10 Å². The molecule has 2 nitrogen and oxygen atoms in total. The molecule has 0 aromatic heterocycles. The van der Waals surface area contributed by atoms with E-state index in [1.54, 1.807) is 11.1 Å². The van der Waals surface area contributed by atoms with E-state index in [0.717, 1.165) is 19.0 Å². The van der Waals surface area contributed by atoms with Gasteiger partial charge in [-0.1, -0.05) is 37.1 Å². The van der Waals surface area contributed by atoms with Crippen LogP contribution in [0.4, 0.5) is 0 Å². The van der Waals surface area contributed by atoms with Crippen molar-refractivity contribution in [2.45, 2.75) is 62.6 Å². The third-order valence-corrected chi connectivity index (χ3v) is 5.58. The summed E-state index contributed by atoms with van der Waals surface area (Å²) in [5.41, 5.74) is 3.39. The van der Waals surface area contributed by atoms with Crippen molar-refractivity contribution in [1.29, 1.82) is 0 Å². The number of hydrogen-bond acceptors (Lipinski definition) is 2. The van der Waals surface area contributed by atoms with Gasteiger partial charge in [-0.2, -0.15) is 0 Å². The van der Waals surface area contributed by atoms with Crippen molar-refractivity contribution in [3.8, 4) is 0 Å². The highest BCUT2D eigenvalue weighted by Crippen LogP contribution is 2.43. The van der Waals surface area contributed by atoms with Crippen molar-refractivity contribution in [3.63, 3.8) is 0 Å². The fourth-order valence-electron chi connectivity index (χ4n) is 4.39. The topological polar surface area (TPSA) is 21.3 Å². The summed E-state index contributed by atoms with van der Waals surface area (Å²) in [5, 5.41) is 3.65. The Morgan fingerprint density at radius 3 is 2.80 bits per heavy atom. The zero-order chi connectivity index (χ0) is 13.4. The molecule has 2 aliphatic carbocycles. The summed E-state index contributed by atoms with van der Waals surface area (Å²) in [4.78, 5) is 0. The maximum atomic E-state index is 6.35. The molecular weight excluding hydrogens is 246 g/mol. The summed E-state index contributed by atoms with van der Waals surface area (Å²) in [5.74, 6) is 0.730. The quantitative estimate of drug-likeness (QED) is 0.906. The molecule has 0 bridgehead atoms. The molecule has 1 aromatic rings. The molecule has 2 unspecified atom stereocenters. The first-order valence-electron chi connectivity index (χ1n) is 8.31. The summed E-state index contributed by atoms with van der Waals surface area (Å²) in [6.45, 7) is 2.16. The molecule has 2 fully saturated rings. The minimum Gasteiger partial charge on any atom is -0.370 e. The lowest BCUT2D eigenvalue weighted by Crippen LogP contribution is -2.35. The second-order valence-electron chi connectivity index (χ2n) is 6.93. The summed E-state index contributed by atoms with van der Waals surface area (Å²) in [7, 11) is 0. The van der Waals surface area contributed by atoms with E-state index in [1.165, 1.54) is 44.9 Å². The highest BCUT2D eigenvalue weighted by molar-refractivity contribution is 5.40. The van der Waals surface area contributed by atoms with E-state index in [4.69, 9.17) is 4.74 Å². The molecule has 1 N–H and O–H groups in total. The lowest BCUT2D eigenvalue weighted by molar-refractivity contribution is -0.0351. The van der Waals surface area contributed by atoms with Gasteiger partial charge in [-0.25, -0.2) is 0 Å². The van der Waals surface area contributed by atoms with Gasteiger partial charge in [0, 0.05) is 19.0 Å². The van der Waals surface area contributed by atoms with Gasteiger partial charge in [-0.05, 0) is 43.2 Å². The number of ether oxygens (including phenoxy) is 1. The maximum Gasteiger partial charge on any atom is 0.0708 e. The lowest BCUT2D eigenvalue weighted by Gasteiger charge is -2.31. The van der Waals surface area contributed by atoms with Gasteiger partial charge >= 0.3 is 0 Å². The summed E-state index contributed by atoms with van der Waals surface area (Å²) in [6.07, 6.45) is 9.62. The summed E-state index contributed by atoms with van der Waals surface area (Å²) in [6, 6.07) is 8.85. The van der Waals surface area contributed by atoms with E-state index < -0.39 is 0 Å². The highest BCUT2D eigenvalue weighted by atomic mass is 16.5. The Kier molecular flexibility index (Phi) is 3.31. The molecule has 0 amide bonds. The average molecular weight is 271 g/mol. The maximum absolute atomic E-state index is 6.35. The van der Waals surface area contributed by atoms with Crippen LogP contribution in [0.1, 0.15) is 55.6 Å². The first kappa shape index (κ1) is 12.8. The van der Waals surface area contributed by atoms with Crippen molar-refractivity contribution in [2.75, 3.05) is 13.1 Å². The fraction of sp³-hybridized carbons (Fsp3) is 0.667. The van der Waals surface area contributed by atoms with E-state index in [1.807, 2.05) is 0 Å². The Morgan fingerprint density at radius 1 is 1.10 bits per heavy atom. The van der Waals surface area contributed by atoms with E-state index in [9.17, 15) is 0 Å². The third kappa shape index (κ3) is 2.29. The monoisotopic (exact) mass is 271 g/mol. The largest absolute Gasteiger partial charge is 0.370 e. The number of rotatable bonds is 4. The van der Waals surface area contributed by atoms with E-state index in [2.05, 4.69) is 29.6 Å². The van der Waals surface area contributed by atoms with Crippen LogP contribution >= 0.6 is 0 Å². The molecule has 1 spiro atoms. The zero-order valence-corrected chi connectivity index (χ0v) is 12.2. The van der Waals surface area contributed by atoms with Crippen molar-refractivity contribution in [2.24, 2.45) is 0 Å². The molecule has 4 rings (SSSR count). The standard InChI is InChI=1S/C18H25NO/c1-2-6-17-14(5-1)11-15(17)12-19-13-16-7-10-18(20-16)8-3-4-9-18/h1-2,5-6,15-16,19H,3-4,7-13H2. The van der Waals surface area contributed by atoms with Gasteiger partial charge in [0.05, 0.1) is 11.7 Å². The van der Waals surface area contributed by atoms with Crippen LogP contribution in [0.15, 0.2) is 24.3 Å². The number of benzene rings is 1. The van der Waals surface area contributed by atoms with Crippen molar-refractivity contribution >= 4 is 0 Å². The Hall–Kier alpha value is -0.860. The molecule has 1 saturated carbocycles. The van der Waals surface area contributed by atoms with Gasteiger partial charge < -0.3 is 10.1 Å². The highest BCUT2D eigenvalue weighted by Gasteiger charge is 2.41. The van der Waals surface area contributed by atoms with E-state index >= 15 is 0 Å². The molecular formula is C18H25NO. The van der Waals surface area contributed by atoms with Crippen LogP contribution in [-0.4, -0.2) is 24.8 Å². The first-order chi connectivity index (χ1) is 9.85. The average Bonchev–Trinajstić information content (AvgIpc) is 3.06. The van der Waals surface area contributed by atoms with E-state index in [-0.39, 0.29) is 5.60 Å². The lowest BCUT2D eigenvalue weighted by atomic mass is 9.77.